The number of hydrogen-bond acceptors (Lipinski definition) is 7. The first-order chi connectivity index (χ1) is 16.6. The summed E-state index contributed by atoms with van der Waals surface area (Å²) in [4.78, 5) is 44.3. The second-order valence-electron chi connectivity index (χ2n) is 8.88. The van der Waals surface area contributed by atoms with Crippen LogP contribution < -0.4 is 10.2 Å². The largest absolute Gasteiger partial charge is 0.369 e. The van der Waals surface area contributed by atoms with Crippen LogP contribution in [0.5, 0.6) is 0 Å². The predicted molar refractivity (Wildman–Crippen MR) is 122 cm³/mol. The van der Waals surface area contributed by atoms with Crippen LogP contribution in [0.25, 0.3) is 0 Å². The van der Waals surface area contributed by atoms with Crippen LogP contribution in [0.15, 0.2) is 35.4 Å². The Hall–Kier alpha value is -3.38. The lowest BCUT2D eigenvalue weighted by molar-refractivity contribution is -0.136. The zero-order valence-corrected chi connectivity index (χ0v) is 19.8. The van der Waals surface area contributed by atoms with Crippen molar-refractivity contribution < 1.29 is 27.2 Å². The summed E-state index contributed by atoms with van der Waals surface area (Å²) in [6.07, 6.45) is 1.68. The molecule has 0 saturated carbocycles. The van der Waals surface area contributed by atoms with Gasteiger partial charge in [0.05, 0.1) is 0 Å². The van der Waals surface area contributed by atoms with Crippen LogP contribution in [0.3, 0.4) is 0 Å². The number of nitrogens with zero attached hydrogens (tertiary/aromatic N) is 4. The van der Waals surface area contributed by atoms with Gasteiger partial charge in [-0.2, -0.15) is 4.31 Å². The molecule has 2 aromatic rings. The Balaban J connectivity index is 1.35. The second-order valence-corrected chi connectivity index (χ2v) is 10.8. The standard InChI is InChI=1S/C23H24FN5O5S/c1-14-2-3-16(12-25-14)35(33,34)28-8-6-27(7-9-28)20-11-15(24)10-17-18(20)13-29(23(17)32)19-4-5-21(30)26-22(19)31/h2-3,10-12,19H,4-9,13H2,1H3,(H,26,30,31). The fourth-order valence-electron chi connectivity index (χ4n) is 4.81. The van der Waals surface area contributed by atoms with Crippen molar-refractivity contribution in [1.29, 1.82) is 0 Å². The Morgan fingerprint density at radius 2 is 1.83 bits per heavy atom. The Morgan fingerprint density at radius 1 is 1.09 bits per heavy atom. The number of aromatic nitrogens is 1. The van der Waals surface area contributed by atoms with Crippen molar-refractivity contribution in [2.24, 2.45) is 0 Å². The molecular formula is C23H24FN5O5S. The fraction of sp³-hybridized carbons (Fsp3) is 0.391. The molecule has 0 aliphatic carbocycles. The van der Waals surface area contributed by atoms with Crippen LogP contribution in [0.2, 0.25) is 0 Å². The number of amides is 3. The molecule has 0 bridgehead atoms. The molecule has 2 fully saturated rings. The van der Waals surface area contributed by atoms with Crippen molar-refractivity contribution in [3.05, 3.63) is 53.1 Å². The van der Waals surface area contributed by atoms with Crippen molar-refractivity contribution in [2.75, 3.05) is 31.1 Å². The van der Waals surface area contributed by atoms with Crippen LogP contribution in [-0.2, 0) is 26.2 Å². The van der Waals surface area contributed by atoms with E-state index >= 15 is 0 Å². The highest BCUT2D eigenvalue weighted by Gasteiger charge is 2.41. The molecule has 10 nitrogen and oxygen atoms in total. The number of fused-ring (bicyclic) bond motifs is 1. The highest BCUT2D eigenvalue weighted by atomic mass is 32.2. The maximum absolute atomic E-state index is 14.5. The van der Waals surface area contributed by atoms with Crippen LogP contribution in [0, 0.1) is 12.7 Å². The lowest BCUT2D eigenvalue weighted by Crippen LogP contribution is -2.52. The number of rotatable bonds is 4. The molecule has 2 saturated heterocycles. The van der Waals surface area contributed by atoms with Crippen LogP contribution >= 0.6 is 0 Å². The minimum atomic E-state index is -3.71. The summed E-state index contributed by atoms with van der Waals surface area (Å²) in [5.41, 5.74) is 2.01. The minimum Gasteiger partial charge on any atom is -0.369 e. The molecule has 3 aliphatic heterocycles. The zero-order valence-electron chi connectivity index (χ0n) is 19.0. The van der Waals surface area contributed by atoms with Gasteiger partial charge >= 0.3 is 0 Å². The number of hydrogen-bond donors (Lipinski definition) is 1. The molecule has 5 rings (SSSR count). The molecule has 3 aliphatic rings. The zero-order chi connectivity index (χ0) is 24.9. The molecule has 1 N–H and O–H groups in total. The number of piperidine rings is 1. The van der Waals surface area contributed by atoms with E-state index in [0.29, 0.717) is 24.3 Å². The second kappa shape index (κ2) is 8.68. The number of sulfonamides is 1. The summed E-state index contributed by atoms with van der Waals surface area (Å²) in [6, 6.07) is 4.88. The smallest absolute Gasteiger partial charge is 0.255 e. The van der Waals surface area contributed by atoms with E-state index in [9.17, 15) is 27.2 Å². The number of carbonyl (C=O) groups excluding carboxylic acids is 3. The quantitative estimate of drug-likeness (QED) is 0.616. The number of nitrogens with one attached hydrogen (secondary N) is 1. The Bertz CT molecular complexity index is 1320. The van der Waals surface area contributed by atoms with Crippen LogP contribution in [0.4, 0.5) is 10.1 Å². The SMILES string of the molecule is Cc1ccc(S(=O)(=O)N2CCN(c3cc(F)cc4c3CN(C3CCC(=O)NC3=O)C4=O)CC2)cn1. The molecule has 1 atom stereocenters. The number of benzene rings is 1. The highest BCUT2D eigenvalue weighted by molar-refractivity contribution is 7.89. The highest BCUT2D eigenvalue weighted by Crippen LogP contribution is 2.36. The normalized spacial score (nSPS) is 21.3. The van der Waals surface area contributed by atoms with Gasteiger partial charge in [-0.25, -0.2) is 12.8 Å². The Labute approximate surface area is 201 Å². The first kappa shape index (κ1) is 23.4. The van der Waals surface area contributed by atoms with Gasteiger partial charge in [-0.1, -0.05) is 0 Å². The molecular weight excluding hydrogens is 477 g/mol. The summed E-state index contributed by atoms with van der Waals surface area (Å²) in [7, 11) is -3.71. The number of anilines is 1. The van der Waals surface area contributed by atoms with E-state index in [1.807, 2.05) is 4.90 Å². The summed E-state index contributed by atoms with van der Waals surface area (Å²) in [5, 5.41) is 2.26. The van der Waals surface area contributed by atoms with Crippen molar-refractivity contribution in [3.8, 4) is 0 Å². The number of halogens is 1. The molecule has 4 heterocycles. The van der Waals surface area contributed by atoms with E-state index in [-0.39, 0.29) is 48.8 Å². The maximum Gasteiger partial charge on any atom is 0.255 e. The van der Waals surface area contributed by atoms with Gasteiger partial charge in [0.2, 0.25) is 21.8 Å². The lowest BCUT2D eigenvalue weighted by Gasteiger charge is -2.36. The molecule has 3 amide bonds. The Morgan fingerprint density at radius 3 is 2.49 bits per heavy atom. The van der Waals surface area contributed by atoms with Gasteiger partial charge in [0.1, 0.15) is 16.8 Å². The van der Waals surface area contributed by atoms with Gasteiger partial charge in [0.15, 0.2) is 0 Å². The average Bonchev–Trinajstić information content (AvgIpc) is 3.15. The molecule has 184 valence electrons. The fourth-order valence-corrected chi connectivity index (χ4v) is 6.18. The molecule has 1 aromatic carbocycles. The molecule has 35 heavy (non-hydrogen) atoms. The van der Waals surface area contributed by atoms with Gasteiger partial charge in [-0.3, -0.25) is 24.7 Å². The van der Waals surface area contributed by atoms with Crippen molar-refractivity contribution in [2.45, 2.75) is 37.2 Å². The molecule has 1 unspecified atom stereocenters. The number of carbonyl (C=O) groups is 3. The van der Waals surface area contributed by atoms with Crippen molar-refractivity contribution >= 4 is 33.4 Å². The van der Waals surface area contributed by atoms with E-state index in [1.165, 1.54) is 27.5 Å². The number of piperazine rings is 1. The van der Waals surface area contributed by atoms with Gasteiger partial charge < -0.3 is 9.80 Å². The Kier molecular flexibility index (Phi) is 5.80. The molecule has 1 aromatic heterocycles. The van der Waals surface area contributed by atoms with Gasteiger partial charge in [0.25, 0.3) is 5.91 Å². The van der Waals surface area contributed by atoms with Gasteiger partial charge in [-0.15, -0.1) is 0 Å². The van der Waals surface area contributed by atoms with E-state index in [2.05, 4.69) is 10.3 Å². The van der Waals surface area contributed by atoms with E-state index < -0.39 is 33.7 Å². The van der Waals surface area contributed by atoms with Gasteiger partial charge in [-0.05, 0) is 37.6 Å². The third kappa shape index (κ3) is 4.16. The molecule has 12 heteroatoms. The summed E-state index contributed by atoms with van der Waals surface area (Å²) >= 11 is 0. The van der Waals surface area contributed by atoms with Crippen LogP contribution in [0.1, 0.15) is 34.5 Å². The monoisotopic (exact) mass is 501 g/mol. The number of imide groups is 1. The van der Waals surface area contributed by atoms with E-state index in [0.717, 1.165) is 11.8 Å². The lowest BCUT2D eigenvalue weighted by atomic mass is 10.0. The topological polar surface area (TPSA) is 120 Å². The summed E-state index contributed by atoms with van der Waals surface area (Å²) in [5.74, 6) is -1.95. The first-order valence-electron chi connectivity index (χ1n) is 11.3. The third-order valence-electron chi connectivity index (χ3n) is 6.70. The predicted octanol–water partition coefficient (Wildman–Crippen LogP) is 0.801. The molecule has 0 spiro atoms. The van der Waals surface area contributed by atoms with Crippen LogP contribution in [-0.4, -0.2) is 72.5 Å². The third-order valence-corrected chi connectivity index (χ3v) is 8.58. The summed E-state index contributed by atoms with van der Waals surface area (Å²) < 4.78 is 41.9. The number of aryl methyl sites for hydroxylation is 1. The summed E-state index contributed by atoms with van der Waals surface area (Å²) in [6.45, 7) is 2.88. The number of pyridine rings is 1. The van der Waals surface area contributed by atoms with E-state index in [1.54, 1.807) is 13.0 Å². The van der Waals surface area contributed by atoms with Gasteiger partial charge in [0, 0.05) is 67.8 Å². The minimum absolute atomic E-state index is 0.115. The van der Waals surface area contributed by atoms with E-state index in [4.69, 9.17) is 0 Å². The molecule has 0 radical (unpaired) electrons. The van der Waals surface area contributed by atoms with Crippen molar-refractivity contribution in [3.63, 3.8) is 0 Å². The first-order valence-corrected chi connectivity index (χ1v) is 12.7. The maximum atomic E-state index is 14.5. The average molecular weight is 502 g/mol. The van der Waals surface area contributed by atoms with Crippen molar-refractivity contribution in [1.82, 2.24) is 19.5 Å².